The second-order valence-corrected chi connectivity index (χ2v) is 10.5. The number of thioether (sulfide) groups is 2. The molecule has 0 radical (unpaired) electrons. The van der Waals surface area contributed by atoms with Crippen molar-refractivity contribution in [3.05, 3.63) is 23.3 Å². The third-order valence-corrected chi connectivity index (χ3v) is 6.24. The van der Waals surface area contributed by atoms with E-state index in [9.17, 15) is 5.11 Å². The average Bonchev–Trinajstić information content (AvgIpc) is 2.80. The summed E-state index contributed by atoms with van der Waals surface area (Å²) in [6, 6.07) is 4.28. The van der Waals surface area contributed by atoms with E-state index in [1.807, 2.05) is 11.8 Å². The average molecular weight is 389 g/mol. The summed E-state index contributed by atoms with van der Waals surface area (Å²) in [5, 5.41) is 11.9. The van der Waals surface area contributed by atoms with E-state index in [0.717, 1.165) is 23.4 Å². The maximum Gasteiger partial charge on any atom is 0.154 e. The molecule has 0 aliphatic carbocycles. The van der Waals surface area contributed by atoms with Crippen LogP contribution in [-0.4, -0.2) is 27.8 Å². The Bertz CT molecular complexity index is 583. The standard InChI is InChI=1S/C18H28N2OS2.ClH/c1-17(2,3)13-7-11(8-14(15(13)21)18(4,5)6)22-10-12-9-20-16(19)23-12;/h7-8,12,21H,9-10H2,1-6H3,(H2,19,20);1H. The number of nitrogens with two attached hydrogens (primary N) is 1. The highest BCUT2D eigenvalue weighted by Gasteiger charge is 2.27. The quantitative estimate of drug-likeness (QED) is 0.720. The summed E-state index contributed by atoms with van der Waals surface area (Å²) in [6.07, 6.45) is 0. The number of amidine groups is 1. The van der Waals surface area contributed by atoms with Crippen LogP contribution in [0.25, 0.3) is 0 Å². The fourth-order valence-corrected chi connectivity index (χ4v) is 4.55. The molecule has 1 unspecified atom stereocenters. The first-order valence-electron chi connectivity index (χ1n) is 7.96. The van der Waals surface area contributed by atoms with Gasteiger partial charge in [-0.1, -0.05) is 53.3 Å². The van der Waals surface area contributed by atoms with E-state index in [0.29, 0.717) is 16.2 Å². The lowest BCUT2D eigenvalue weighted by Gasteiger charge is -2.28. The van der Waals surface area contributed by atoms with E-state index in [1.54, 1.807) is 11.8 Å². The highest BCUT2D eigenvalue weighted by molar-refractivity contribution is 8.15. The van der Waals surface area contributed by atoms with Crippen LogP contribution in [0.5, 0.6) is 5.75 Å². The molecule has 3 N–H and O–H groups in total. The number of aromatic hydroxyl groups is 1. The summed E-state index contributed by atoms with van der Waals surface area (Å²) in [5.74, 6) is 1.42. The van der Waals surface area contributed by atoms with Crippen molar-refractivity contribution in [2.75, 3.05) is 12.3 Å². The Labute approximate surface area is 160 Å². The Balaban J connectivity index is 0.00000288. The molecule has 0 amide bonds. The normalized spacial score (nSPS) is 18.2. The monoisotopic (exact) mass is 388 g/mol. The molecule has 1 aromatic carbocycles. The maximum atomic E-state index is 10.8. The molecule has 0 fully saturated rings. The van der Waals surface area contributed by atoms with Crippen molar-refractivity contribution in [1.29, 1.82) is 0 Å². The Kier molecular flexibility index (Phi) is 6.99. The third-order valence-electron chi connectivity index (χ3n) is 3.87. The maximum absolute atomic E-state index is 10.8. The van der Waals surface area contributed by atoms with Crippen molar-refractivity contribution in [2.24, 2.45) is 10.7 Å². The molecule has 0 spiro atoms. The molecular formula is C18H29ClN2OS2. The molecule has 1 aromatic rings. The van der Waals surface area contributed by atoms with Crippen molar-refractivity contribution in [3.63, 3.8) is 0 Å². The zero-order valence-corrected chi connectivity index (χ0v) is 17.8. The number of aliphatic imine (C=N–C) groups is 1. The molecule has 24 heavy (non-hydrogen) atoms. The van der Waals surface area contributed by atoms with Crippen molar-refractivity contribution >= 4 is 41.1 Å². The Morgan fingerprint density at radius 3 is 2.04 bits per heavy atom. The van der Waals surface area contributed by atoms with Gasteiger partial charge < -0.3 is 10.8 Å². The zero-order valence-electron chi connectivity index (χ0n) is 15.3. The molecule has 0 bridgehead atoms. The minimum Gasteiger partial charge on any atom is -0.507 e. The van der Waals surface area contributed by atoms with Gasteiger partial charge in [0.05, 0.1) is 6.54 Å². The highest BCUT2D eigenvalue weighted by Crippen LogP contribution is 2.42. The molecule has 2 rings (SSSR count). The summed E-state index contributed by atoms with van der Waals surface area (Å²) in [6.45, 7) is 13.7. The molecular weight excluding hydrogens is 360 g/mol. The van der Waals surface area contributed by atoms with Crippen LogP contribution in [0, 0.1) is 0 Å². The van der Waals surface area contributed by atoms with Gasteiger partial charge in [-0.25, -0.2) is 0 Å². The SMILES string of the molecule is CC(C)(C)c1cc(SCC2CN=C(N)S2)cc(C(C)(C)C)c1O.Cl. The van der Waals surface area contributed by atoms with Gasteiger partial charge in [0.25, 0.3) is 0 Å². The molecule has 0 saturated heterocycles. The van der Waals surface area contributed by atoms with Gasteiger partial charge in [-0.05, 0) is 23.0 Å². The van der Waals surface area contributed by atoms with E-state index in [-0.39, 0.29) is 23.2 Å². The number of benzene rings is 1. The number of halogens is 1. The van der Waals surface area contributed by atoms with E-state index < -0.39 is 0 Å². The summed E-state index contributed by atoms with van der Waals surface area (Å²) in [4.78, 5) is 5.47. The van der Waals surface area contributed by atoms with Crippen LogP contribution >= 0.6 is 35.9 Å². The van der Waals surface area contributed by atoms with Gasteiger partial charge in [-0.2, -0.15) is 0 Å². The van der Waals surface area contributed by atoms with Gasteiger partial charge in [-0.3, -0.25) is 4.99 Å². The first-order valence-corrected chi connectivity index (χ1v) is 9.82. The van der Waals surface area contributed by atoms with E-state index >= 15 is 0 Å². The lowest BCUT2D eigenvalue weighted by Crippen LogP contribution is -2.17. The van der Waals surface area contributed by atoms with Crippen LogP contribution in [0.4, 0.5) is 0 Å². The van der Waals surface area contributed by atoms with Crippen molar-refractivity contribution in [3.8, 4) is 5.75 Å². The van der Waals surface area contributed by atoms with Crippen LogP contribution in [0.2, 0.25) is 0 Å². The third kappa shape index (κ3) is 5.24. The van der Waals surface area contributed by atoms with Gasteiger partial charge in [0.2, 0.25) is 0 Å². The smallest absolute Gasteiger partial charge is 0.154 e. The predicted molar refractivity (Wildman–Crippen MR) is 111 cm³/mol. The fourth-order valence-electron chi connectivity index (χ4n) is 2.55. The number of rotatable bonds is 3. The van der Waals surface area contributed by atoms with Crippen LogP contribution in [-0.2, 0) is 10.8 Å². The van der Waals surface area contributed by atoms with E-state index in [4.69, 9.17) is 5.73 Å². The zero-order chi connectivity index (χ0) is 17.4. The van der Waals surface area contributed by atoms with Gasteiger partial charge in [0.1, 0.15) is 5.75 Å². The number of hydrogen-bond acceptors (Lipinski definition) is 5. The summed E-state index contributed by atoms with van der Waals surface area (Å²) in [7, 11) is 0. The molecule has 6 heteroatoms. The first kappa shape index (κ1) is 21.5. The molecule has 1 atom stereocenters. The van der Waals surface area contributed by atoms with Crippen LogP contribution in [0.3, 0.4) is 0 Å². The molecule has 1 aliphatic heterocycles. The second kappa shape index (κ2) is 7.79. The van der Waals surface area contributed by atoms with Gasteiger partial charge >= 0.3 is 0 Å². The molecule has 0 aromatic heterocycles. The Morgan fingerprint density at radius 2 is 1.67 bits per heavy atom. The van der Waals surface area contributed by atoms with Crippen molar-refractivity contribution in [1.82, 2.24) is 0 Å². The first-order chi connectivity index (χ1) is 10.5. The molecule has 1 aliphatic rings. The minimum atomic E-state index is -0.0870. The molecule has 1 heterocycles. The van der Waals surface area contributed by atoms with E-state index in [1.165, 1.54) is 4.90 Å². The van der Waals surface area contributed by atoms with Crippen molar-refractivity contribution in [2.45, 2.75) is 62.5 Å². The molecule has 0 saturated carbocycles. The number of hydrogen-bond donors (Lipinski definition) is 2. The van der Waals surface area contributed by atoms with Crippen molar-refractivity contribution < 1.29 is 5.11 Å². The van der Waals surface area contributed by atoms with Crippen LogP contribution in [0.15, 0.2) is 22.0 Å². The lowest BCUT2D eigenvalue weighted by molar-refractivity contribution is 0.422. The number of nitrogens with zero attached hydrogens (tertiary/aromatic N) is 1. The Hall–Kier alpha value is -0.520. The largest absolute Gasteiger partial charge is 0.507 e. The molecule has 3 nitrogen and oxygen atoms in total. The highest BCUT2D eigenvalue weighted by atomic mass is 35.5. The lowest BCUT2D eigenvalue weighted by atomic mass is 9.79. The molecule has 136 valence electrons. The van der Waals surface area contributed by atoms with Gasteiger partial charge in [0.15, 0.2) is 5.17 Å². The fraction of sp³-hybridized carbons (Fsp3) is 0.611. The van der Waals surface area contributed by atoms with Crippen LogP contribution in [0.1, 0.15) is 52.7 Å². The summed E-state index contributed by atoms with van der Waals surface area (Å²) >= 11 is 3.49. The van der Waals surface area contributed by atoms with Gasteiger partial charge in [0, 0.05) is 27.0 Å². The van der Waals surface area contributed by atoms with E-state index in [2.05, 4.69) is 58.7 Å². The second-order valence-electron chi connectivity index (χ2n) is 8.10. The topological polar surface area (TPSA) is 58.6 Å². The van der Waals surface area contributed by atoms with Crippen LogP contribution < -0.4 is 5.73 Å². The number of phenols is 1. The predicted octanol–water partition coefficient (Wildman–Crippen LogP) is 4.93. The van der Waals surface area contributed by atoms with Gasteiger partial charge in [-0.15, -0.1) is 24.2 Å². The summed E-state index contributed by atoms with van der Waals surface area (Å²) < 4.78 is 0. The Morgan fingerprint density at radius 1 is 1.17 bits per heavy atom. The summed E-state index contributed by atoms with van der Waals surface area (Å²) in [5.41, 5.74) is 7.60. The minimum absolute atomic E-state index is 0. The number of phenolic OH excluding ortho intramolecular Hbond substituents is 1.